The first-order valence-electron chi connectivity index (χ1n) is 5.78. The van der Waals surface area contributed by atoms with Gasteiger partial charge in [-0.05, 0) is 43.4 Å². The highest BCUT2D eigenvalue weighted by Gasteiger charge is 2.41. The van der Waals surface area contributed by atoms with E-state index in [2.05, 4.69) is 10.3 Å². The van der Waals surface area contributed by atoms with E-state index in [9.17, 15) is 0 Å². The molecule has 2 fully saturated rings. The number of thiazole rings is 1. The first kappa shape index (κ1) is 9.46. The molecule has 2 saturated carbocycles. The Labute approximate surface area is 94.1 Å². The van der Waals surface area contributed by atoms with E-state index in [1.807, 2.05) is 0 Å². The molecule has 3 N–H and O–H groups in total. The zero-order valence-electron chi connectivity index (χ0n) is 8.78. The Morgan fingerprint density at radius 1 is 1.40 bits per heavy atom. The van der Waals surface area contributed by atoms with E-state index in [4.69, 9.17) is 5.73 Å². The number of nitrogens with zero attached hydrogens (tertiary/aromatic N) is 1. The molecule has 3 nitrogen and oxygen atoms in total. The first-order valence-corrected chi connectivity index (χ1v) is 6.60. The summed E-state index contributed by atoms with van der Waals surface area (Å²) in [6.45, 7) is 1.10. The number of nitrogen functional groups attached to an aromatic ring is 1. The summed E-state index contributed by atoms with van der Waals surface area (Å²) in [5.74, 6) is 2.90. The van der Waals surface area contributed by atoms with E-state index in [0.29, 0.717) is 0 Å². The number of anilines is 2. The fraction of sp³-hybridized carbons (Fsp3) is 0.727. The van der Waals surface area contributed by atoms with E-state index < -0.39 is 0 Å². The van der Waals surface area contributed by atoms with Crippen LogP contribution in [0.2, 0.25) is 0 Å². The van der Waals surface area contributed by atoms with Crippen LogP contribution in [0.3, 0.4) is 0 Å². The van der Waals surface area contributed by atoms with Crippen LogP contribution in [-0.4, -0.2) is 11.5 Å². The largest absolute Gasteiger partial charge is 0.389 e. The first-order chi connectivity index (χ1) is 7.33. The summed E-state index contributed by atoms with van der Waals surface area (Å²) < 4.78 is 0. The minimum absolute atomic E-state index is 0.798. The third-order valence-corrected chi connectivity index (χ3v) is 4.25. The number of hydrogen-bond donors (Lipinski definition) is 2. The van der Waals surface area contributed by atoms with E-state index in [1.165, 1.54) is 25.7 Å². The Balaban J connectivity index is 1.55. The fourth-order valence-corrected chi connectivity index (χ4v) is 2.93. The molecule has 1 aromatic rings. The van der Waals surface area contributed by atoms with Gasteiger partial charge in [0.15, 0.2) is 5.13 Å². The second kappa shape index (κ2) is 3.67. The van der Waals surface area contributed by atoms with Gasteiger partial charge in [0.25, 0.3) is 0 Å². The van der Waals surface area contributed by atoms with Gasteiger partial charge in [0.1, 0.15) is 5.00 Å². The predicted octanol–water partition coefficient (Wildman–Crippen LogP) is 2.57. The van der Waals surface area contributed by atoms with Crippen LogP contribution in [0.15, 0.2) is 6.20 Å². The van der Waals surface area contributed by atoms with Gasteiger partial charge in [-0.15, -0.1) is 0 Å². The van der Waals surface area contributed by atoms with Crippen molar-refractivity contribution in [1.82, 2.24) is 4.98 Å². The van der Waals surface area contributed by atoms with Gasteiger partial charge in [-0.3, -0.25) is 0 Å². The summed E-state index contributed by atoms with van der Waals surface area (Å²) in [5.41, 5.74) is 5.65. The van der Waals surface area contributed by atoms with Crippen LogP contribution < -0.4 is 11.1 Å². The Hall–Kier alpha value is -0.770. The Morgan fingerprint density at radius 3 is 2.53 bits per heavy atom. The Bertz CT molecular complexity index is 329. The maximum absolute atomic E-state index is 5.65. The van der Waals surface area contributed by atoms with Gasteiger partial charge in [-0.1, -0.05) is 11.3 Å². The molecule has 15 heavy (non-hydrogen) atoms. The summed E-state index contributed by atoms with van der Waals surface area (Å²) in [5, 5.41) is 5.22. The van der Waals surface area contributed by atoms with E-state index in [-0.39, 0.29) is 0 Å². The van der Waals surface area contributed by atoms with Crippen LogP contribution in [0, 0.1) is 17.8 Å². The average molecular weight is 223 g/mol. The summed E-state index contributed by atoms with van der Waals surface area (Å²) >= 11 is 1.55. The van der Waals surface area contributed by atoms with Gasteiger partial charge >= 0.3 is 0 Å². The molecule has 3 rings (SSSR count). The molecule has 82 valence electrons. The van der Waals surface area contributed by atoms with Crippen molar-refractivity contribution in [3.8, 4) is 0 Å². The minimum atomic E-state index is 0.798. The lowest BCUT2D eigenvalue weighted by molar-refractivity contribution is 0.428. The lowest BCUT2D eigenvalue weighted by Crippen LogP contribution is -2.18. The van der Waals surface area contributed by atoms with E-state index in [1.54, 1.807) is 17.5 Å². The van der Waals surface area contributed by atoms with Crippen molar-refractivity contribution in [3.63, 3.8) is 0 Å². The lowest BCUT2D eigenvalue weighted by Gasteiger charge is -2.15. The zero-order valence-corrected chi connectivity index (χ0v) is 9.59. The predicted molar refractivity (Wildman–Crippen MR) is 64.0 cm³/mol. The van der Waals surface area contributed by atoms with Gasteiger partial charge in [0.2, 0.25) is 0 Å². The smallest absolute Gasteiger partial charge is 0.184 e. The van der Waals surface area contributed by atoms with Crippen molar-refractivity contribution in [2.75, 3.05) is 17.6 Å². The molecular formula is C11H17N3S. The third kappa shape index (κ3) is 2.25. The molecule has 2 aliphatic rings. The van der Waals surface area contributed by atoms with Gasteiger partial charge in [0.05, 0.1) is 6.20 Å². The van der Waals surface area contributed by atoms with E-state index >= 15 is 0 Å². The third-order valence-electron chi connectivity index (χ3n) is 3.47. The molecule has 0 unspecified atom stereocenters. The van der Waals surface area contributed by atoms with Gasteiger partial charge < -0.3 is 11.1 Å². The number of aromatic nitrogens is 1. The monoisotopic (exact) mass is 223 g/mol. The molecule has 0 amide bonds. The summed E-state index contributed by atoms with van der Waals surface area (Å²) in [7, 11) is 0. The molecule has 1 heterocycles. The topological polar surface area (TPSA) is 50.9 Å². The maximum Gasteiger partial charge on any atom is 0.184 e. The zero-order chi connectivity index (χ0) is 10.3. The minimum Gasteiger partial charge on any atom is -0.389 e. The second-order valence-corrected chi connectivity index (χ2v) is 5.85. The van der Waals surface area contributed by atoms with Crippen molar-refractivity contribution < 1.29 is 0 Å². The highest BCUT2D eigenvalue weighted by molar-refractivity contribution is 7.19. The molecule has 0 radical (unpaired) electrons. The Kier molecular flexibility index (Phi) is 2.31. The number of nitrogens with one attached hydrogen (secondary N) is 1. The summed E-state index contributed by atoms with van der Waals surface area (Å²) in [6, 6.07) is 0. The SMILES string of the molecule is Nc1cnc(NCC(C2CC2)C2CC2)s1. The van der Waals surface area contributed by atoms with Crippen LogP contribution in [0.5, 0.6) is 0 Å². The molecule has 0 saturated heterocycles. The normalized spacial score (nSPS) is 20.9. The van der Waals surface area contributed by atoms with Crippen LogP contribution in [0.25, 0.3) is 0 Å². The number of rotatable bonds is 5. The van der Waals surface area contributed by atoms with Crippen molar-refractivity contribution in [1.29, 1.82) is 0 Å². The highest BCUT2D eigenvalue weighted by Crippen LogP contribution is 2.49. The molecule has 0 atom stereocenters. The van der Waals surface area contributed by atoms with E-state index in [0.717, 1.165) is 34.4 Å². The van der Waals surface area contributed by atoms with Crippen LogP contribution in [0.1, 0.15) is 25.7 Å². The number of nitrogens with two attached hydrogens (primary N) is 1. The van der Waals surface area contributed by atoms with Gasteiger partial charge in [-0.25, -0.2) is 4.98 Å². The standard InChI is InChI=1S/C11H17N3S/c12-10-6-14-11(15-10)13-5-9(7-1-2-7)8-3-4-8/h6-9H,1-5,12H2,(H,13,14). The maximum atomic E-state index is 5.65. The van der Waals surface area contributed by atoms with Crippen molar-refractivity contribution >= 4 is 21.5 Å². The van der Waals surface area contributed by atoms with Gasteiger partial charge in [0, 0.05) is 6.54 Å². The molecule has 0 aliphatic heterocycles. The Morgan fingerprint density at radius 2 is 2.07 bits per heavy atom. The number of hydrogen-bond acceptors (Lipinski definition) is 4. The van der Waals surface area contributed by atoms with Gasteiger partial charge in [-0.2, -0.15) is 0 Å². The molecule has 0 bridgehead atoms. The molecule has 2 aliphatic carbocycles. The lowest BCUT2D eigenvalue weighted by atomic mass is 9.98. The quantitative estimate of drug-likeness (QED) is 0.806. The van der Waals surface area contributed by atoms with Crippen LogP contribution in [-0.2, 0) is 0 Å². The molecule has 1 aromatic heterocycles. The van der Waals surface area contributed by atoms with Crippen LogP contribution >= 0.6 is 11.3 Å². The molecule has 0 spiro atoms. The second-order valence-electron chi connectivity index (χ2n) is 4.79. The van der Waals surface area contributed by atoms with Crippen molar-refractivity contribution in [2.24, 2.45) is 17.8 Å². The highest BCUT2D eigenvalue weighted by atomic mass is 32.1. The molecule has 4 heteroatoms. The summed E-state index contributed by atoms with van der Waals surface area (Å²) in [4.78, 5) is 4.23. The van der Waals surface area contributed by atoms with Crippen molar-refractivity contribution in [3.05, 3.63) is 6.20 Å². The summed E-state index contributed by atoms with van der Waals surface area (Å²) in [6.07, 6.45) is 7.52. The van der Waals surface area contributed by atoms with Crippen LogP contribution in [0.4, 0.5) is 10.1 Å². The molecular weight excluding hydrogens is 206 g/mol. The fourth-order valence-electron chi connectivity index (χ4n) is 2.34. The molecule has 0 aromatic carbocycles. The van der Waals surface area contributed by atoms with Crippen molar-refractivity contribution in [2.45, 2.75) is 25.7 Å². The average Bonchev–Trinajstić information content (AvgIpc) is 3.09.